The van der Waals surface area contributed by atoms with Crippen molar-refractivity contribution in [3.05, 3.63) is 52.9 Å². The molecule has 1 amide bonds. The molecule has 2 heterocycles. The van der Waals surface area contributed by atoms with Crippen LogP contribution in [0.15, 0.2) is 45.4 Å². The van der Waals surface area contributed by atoms with E-state index in [-0.39, 0.29) is 5.91 Å². The van der Waals surface area contributed by atoms with Gasteiger partial charge in [-0.3, -0.25) is 4.79 Å². The number of hydrogen-bond donors (Lipinski definition) is 1. The van der Waals surface area contributed by atoms with Crippen LogP contribution in [0.5, 0.6) is 0 Å². The summed E-state index contributed by atoms with van der Waals surface area (Å²) in [6.45, 7) is 3.61. The maximum atomic E-state index is 11.0. The van der Waals surface area contributed by atoms with Crippen LogP contribution in [0.4, 0.5) is 5.13 Å². The summed E-state index contributed by atoms with van der Waals surface area (Å²) in [5.74, 6) is 1.45. The molecule has 0 saturated carbocycles. The highest BCUT2D eigenvalue weighted by molar-refractivity contribution is 7.98. The molecule has 2 aromatic heterocycles. The summed E-state index contributed by atoms with van der Waals surface area (Å²) in [6, 6.07) is 10.3. The predicted octanol–water partition coefficient (Wildman–Crippen LogP) is 4.12. The molecule has 3 rings (SSSR count). The van der Waals surface area contributed by atoms with Crippen molar-refractivity contribution >= 4 is 34.1 Å². The van der Waals surface area contributed by atoms with E-state index in [0.29, 0.717) is 34.3 Å². The molecule has 0 aliphatic heterocycles. The van der Waals surface area contributed by atoms with Crippen molar-refractivity contribution in [2.24, 2.45) is 0 Å². The van der Waals surface area contributed by atoms with E-state index in [1.807, 2.05) is 23.6 Å². The quantitative estimate of drug-likeness (QED) is 0.627. The number of rotatable bonds is 7. The van der Waals surface area contributed by atoms with Gasteiger partial charge in [0.15, 0.2) is 5.13 Å². The Morgan fingerprint density at radius 3 is 2.88 bits per heavy atom. The van der Waals surface area contributed by atoms with Gasteiger partial charge >= 0.3 is 0 Å². The molecule has 25 heavy (non-hydrogen) atoms. The summed E-state index contributed by atoms with van der Waals surface area (Å²) in [5.41, 5.74) is 2.12. The van der Waals surface area contributed by atoms with Gasteiger partial charge in [-0.1, -0.05) is 49.0 Å². The summed E-state index contributed by atoms with van der Waals surface area (Å²) in [5, 5.41) is 13.9. The van der Waals surface area contributed by atoms with E-state index in [2.05, 4.69) is 39.6 Å². The van der Waals surface area contributed by atoms with Gasteiger partial charge in [0.2, 0.25) is 11.8 Å². The molecule has 130 valence electrons. The molecule has 1 atom stereocenters. The van der Waals surface area contributed by atoms with Crippen molar-refractivity contribution < 1.29 is 9.21 Å². The number of carbonyl (C=O) groups excluding carboxylic acids is 1. The second kappa shape index (κ2) is 8.26. The van der Waals surface area contributed by atoms with Crippen LogP contribution in [0.2, 0.25) is 0 Å². The van der Waals surface area contributed by atoms with E-state index in [0.717, 1.165) is 5.69 Å². The smallest absolute Gasteiger partial charge is 0.276 e. The van der Waals surface area contributed by atoms with Gasteiger partial charge in [-0.25, -0.2) is 4.98 Å². The number of thioether (sulfide) groups is 1. The molecule has 0 bridgehead atoms. The largest absolute Gasteiger partial charge is 0.416 e. The Labute approximate surface area is 154 Å². The highest BCUT2D eigenvalue weighted by Gasteiger charge is 2.13. The fourth-order valence-corrected chi connectivity index (χ4v) is 3.79. The predicted molar refractivity (Wildman–Crippen MR) is 98.8 cm³/mol. The third-order valence-electron chi connectivity index (χ3n) is 3.48. The molecular weight excluding hydrogens is 356 g/mol. The van der Waals surface area contributed by atoms with Crippen molar-refractivity contribution in [2.45, 2.75) is 37.2 Å². The molecule has 1 unspecified atom stereocenters. The number of benzene rings is 1. The van der Waals surface area contributed by atoms with Gasteiger partial charge in [-0.2, -0.15) is 0 Å². The number of aromatic nitrogens is 3. The van der Waals surface area contributed by atoms with Gasteiger partial charge in [0, 0.05) is 24.5 Å². The van der Waals surface area contributed by atoms with Crippen molar-refractivity contribution in [2.75, 3.05) is 5.32 Å². The van der Waals surface area contributed by atoms with Crippen molar-refractivity contribution in [1.82, 2.24) is 15.2 Å². The van der Waals surface area contributed by atoms with Crippen LogP contribution in [0, 0.1) is 0 Å². The van der Waals surface area contributed by atoms with Gasteiger partial charge in [-0.15, -0.1) is 21.5 Å². The number of thiazole rings is 1. The summed E-state index contributed by atoms with van der Waals surface area (Å²) in [4.78, 5) is 15.3. The van der Waals surface area contributed by atoms with Crippen molar-refractivity contribution in [1.29, 1.82) is 0 Å². The molecular formula is C17H18N4O2S2. The minimum atomic E-state index is -0.123. The van der Waals surface area contributed by atoms with Gasteiger partial charge in [0.05, 0.1) is 5.69 Å². The molecule has 0 fully saturated rings. The van der Waals surface area contributed by atoms with Crippen LogP contribution in [-0.2, 0) is 17.0 Å². The Morgan fingerprint density at radius 1 is 1.32 bits per heavy atom. The van der Waals surface area contributed by atoms with Crippen LogP contribution >= 0.6 is 23.1 Å². The topological polar surface area (TPSA) is 80.9 Å². The maximum absolute atomic E-state index is 11.0. The van der Waals surface area contributed by atoms with Gasteiger partial charge < -0.3 is 9.73 Å². The Morgan fingerprint density at radius 2 is 2.12 bits per heavy atom. The van der Waals surface area contributed by atoms with Gasteiger partial charge in [-0.05, 0) is 11.5 Å². The van der Waals surface area contributed by atoms with Crippen LogP contribution in [0.25, 0.3) is 0 Å². The molecule has 1 aromatic carbocycles. The normalized spacial score (nSPS) is 12.1. The third kappa shape index (κ3) is 5.14. The van der Waals surface area contributed by atoms with E-state index in [1.165, 1.54) is 35.6 Å². The monoisotopic (exact) mass is 374 g/mol. The first-order valence-electron chi connectivity index (χ1n) is 7.82. The molecule has 6 nitrogen and oxygen atoms in total. The highest BCUT2D eigenvalue weighted by atomic mass is 32.2. The van der Waals surface area contributed by atoms with Gasteiger partial charge in [0.1, 0.15) is 0 Å². The van der Waals surface area contributed by atoms with E-state index < -0.39 is 0 Å². The highest BCUT2D eigenvalue weighted by Crippen LogP contribution is 2.26. The Kier molecular flexibility index (Phi) is 5.83. The number of anilines is 1. The Hall–Kier alpha value is -2.19. The lowest BCUT2D eigenvalue weighted by molar-refractivity contribution is -0.114. The molecule has 0 spiro atoms. The van der Waals surface area contributed by atoms with Crippen LogP contribution in [0.3, 0.4) is 0 Å². The molecule has 0 aliphatic carbocycles. The summed E-state index contributed by atoms with van der Waals surface area (Å²) < 4.78 is 5.72. The zero-order chi connectivity index (χ0) is 17.6. The van der Waals surface area contributed by atoms with Crippen LogP contribution in [-0.4, -0.2) is 21.1 Å². The zero-order valence-corrected chi connectivity index (χ0v) is 15.6. The summed E-state index contributed by atoms with van der Waals surface area (Å²) in [6.07, 6.45) is 0.709. The number of amides is 1. The molecule has 1 N–H and O–H groups in total. The number of carbonyl (C=O) groups is 1. The average Bonchev–Trinajstić information content (AvgIpc) is 3.22. The fraction of sp³-hybridized carbons (Fsp3) is 0.294. The SMILES string of the molecule is CC(=O)Nc1nc(CSc2nnc(CC(C)c3ccccc3)o2)cs1. The van der Waals surface area contributed by atoms with Crippen molar-refractivity contribution in [3.8, 4) is 0 Å². The molecule has 0 saturated heterocycles. The Balaban J connectivity index is 1.53. The standard InChI is InChI=1S/C17H18N4O2S2/c1-11(13-6-4-3-5-7-13)8-15-20-21-17(23-15)25-10-14-9-24-16(19-14)18-12(2)22/h3-7,9,11H,8,10H2,1-2H3,(H,18,19,22). The molecule has 0 aliphatic rings. The fourth-order valence-electron chi connectivity index (χ4n) is 2.26. The first-order chi connectivity index (χ1) is 12.1. The first-order valence-corrected chi connectivity index (χ1v) is 9.69. The number of nitrogens with one attached hydrogen (secondary N) is 1. The molecule has 0 radical (unpaired) electrons. The third-order valence-corrected chi connectivity index (χ3v) is 5.13. The lowest BCUT2D eigenvalue weighted by Crippen LogP contribution is -2.05. The lowest BCUT2D eigenvalue weighted by Gasteiger charge is -2.08. The van der Waals surface area contributed by atoms with Crippen LogP contribution < -0.4 is 5.32 Å². The van der Waals surface area contributed by atoms with Gasteiger partial charge in [0.25, 0.3) is 5.22 Å². The molecule has 8 heteroatoms. The van der Waals surface area contributed by atoms with Crippen molar-refractivity contribution in [3.63, 3.8) is 0 Å². The van der Waals surface area contributed by atoms with E-state index in [4.69, 9.17) is 4.42 Å². The molecule has 3 aromatic rings. The number of hydrogen-bond acceptors (Lipinski definition) is 7. The second-order valence-electron chi connectivity index (χ2n) is 5.59. The average molecular weight is 374 g/mol. The lowest BCUT2D eigenvalue weighted by atomic mass is 9.98. The van der Waals surface area contributed by atoms with E-state index in [9.17, 15) is 4.79 Å². The minimum Gasteiger partial charge on any atom is -0.416 e. The summed E-state index contributed by atoms with van der Waals surface area (Å²) >= 11 is 2.84. The maximum Gasteiger partial charge on any atom is 0.276 e. The second-order valence-corrected chi connectivity index (χ2v) is 7.38. The number of nitrogens with zero attached hydrogens (tertiary/aromatic N) is 3. The Bertz CT molecular complexity index is 832. The summed E-state index contributed by atoms with van der Waals surface area (Å²) in [7, 11) is 0. The minimum absolute atomic E-state index is 0.123. The first kappa shape index (κ1) is 17.6. The van der Waals surface area contributed by atoms with Crippen LogP contribution in [0.1, 0.15) is 36.9 Å². The zero-order valence-electron chi connectivity index (χ0n) is 13.9. The van der Waals surface area contributed by atoms with E-state index >= 15 is 0 Å². The van der Waals surface area contributed by atoms with E-state index in [1.54, 1.807) is 0 Å².